The average molecular weight is 289 g/mol. The fourth-order valence-corrected chi connectivity index (χ4v) is 3.29. The second-order valence-corrected chi connectivity index (χ2v) is 6.65. The van der Waals surface area contributed by atoms with Gasteiger partial charge in [0, 0.05) is 6.04 Å². The molecule has 1 N–H and O–H groups in total. The highest BCUT2D eigenvalue weighted by atomic mass is 16.5. The first-order valence-corrected chi connectivity index (χ1v) is 8.62. The summed E-state index contributed by atoms with van der Waals surface area (Å²) in [7, 11) is 0. The van der Waals surface area contributed by atoms with Crippen molar-refractivity contribution in [2.75, 3.05) is 6.54 Å². The lowest BCUT2D eigenvalue weighted by molar-refractivity contribution is 0.144. The summed E-state index contributed by atoms with van der Waals surface area (Å²) in [6.45, 7) is 9.84. The fourth-order valence-electron chi connectivity index (χ4n) is 3.29. The molecule has 0 heterocycles. The normalized spacial score (nSPS) is 23.1. The van der Waals surface area contributed by atoms with Crippen LogP contribution >= 0.6 is 0 Å². The number of rotatable bonds is 5. The van der Waals surface area contributed by atoms with Crippen LogP contribution in [0.2, 0.25) is 0 Å². The predicted molar refractivity (Wildman–Crippen MR) is 90.2 cm³/mol. The lowest BCUT2D eigenvalue weighted by Gasteiger charge is -2.28. The van der Waals surface area contributed by atoms with E-state index in [4.69, 9.17) is 4.74 Å². The van der Waals surface area contributed by atoms with E-state index in [0.29, 0.717) is 18.1 Å². The van der Waals surface area contributed by atoms with E-state index in [1.54, 1.807) is 0 Å². The van der Waals surface area contributed by atoms with E-state index in [-0.39, 0.29) is 0 Å². The summed E-state index contributed by atoms with van der Waals surface area (Å²) in [5.41, 5.74) is 2.61. The van der Waals surface area contributed by atoms with Crippen molar-refractivity contribution in [1.29, 1.82) is 0 Å². The number of ether oxygens (including phenoxy) is 1. The van der Waals surface area contributed by atoms with Crippen molar-refractivity contribution < 1.29 is 4.74 Å². The van der Waals surface area contributed by atoms with Crippen molar-refractivity contribution in [3.8, 4) is 5.75 Å². The summed E-state index contributed by atoms with van der Waals surface area (Å²) in [5.74, 6) is 1.60. The van der Waals surface area contributed by atoms with Crippen LogP contribution < -0.4 is 10.1 Å². The van der Waals surface area contributed by atoms with Gasteiger partial charge in [0.1, 0.15) is 11.9 Å². The second kappa shape index (κ2) is 7.84. The number of benzene rings is 1. The molecule has 0 saturated heterocycles. The molecule has 0 aromatic heterocycles. The Bertz CT molecular complexity index is 441. The van der Waals surface area contributed by atoms with Crippen LogP contribution in [0.5, 0.6) is 5.75 Å². The first-order chi connectivity index (χ1) is 10.1. The maximum atomic E-state index is 6.51. The minimum Gasteiger partial charge on any atom is -0.489 e. The minimum absolute atomic E-state index is 0.312. The van der Waals surface area contributed by atoms with Gasteiger partial charge in [-0.15, -0.1) is 0 Å². The highest BCUT2D eigenvalue weighted by Crippen LogP contribution is 2.31. The van der Waals surface area contributed by atoms with E-state index in [1.807, 2.05) is 0 Å². The largest absolute Gasteiger partial charge is 0.489 e. The van der Waals surface area contributed by atoms with Gasteiger partial charge < -0.3 is 10.1 Å². The van der Waals surface area contributed by atoms with Crippen LogP contribution in [0.15, 0.2) is 18.2 Å². The molecule has 0 radical (unpaired) electrons. The molecule has 2 nitrogen and oxygen atoms in total. The van der Waals surface area contributed by atoms with Gasteiger partial charge in [0.05, 0.1) is 0 Å². The van der Waals surface area contributed by atoms with Crippen LogP contribution in [0.4, 0.5) is 0 Å². The summed E-state index contributed by atoms with van der Waals surface area (Å²) in [5, 5.41) is 3.63. The third-order valence-electron chi connectivity index (χ3n) is 4.49. The Morgan fingerprint density at radius 2 is 1.95 bits per heavy atom. The molecule has 0 bridgehead atoms. The highest BCUT2D eigenvalue weighted by Gasteiger charge is 2.25. The Hall–Kier alpha value is -1.02. The Labute approximate surface area is 130 Å². The molecule has 0 amide bonds. The quantitative estimate of drug-likeness (QED) is 0.786. The van der Waals surface area contributed by atoms with Crippen molar-refractivity contribution >= 4 is 0 Å². The summed E-state index contributed by atoms with van der Waals surface area (Å²) in [6.07, 6.45) is 6.67. The van der Waals surface area contributed by atoms with E-state index in [0.717, 1.165) is 12.3 Å². The smallest absolute Gasteiger partial charge is 0.123 e. The van der Waals surface area contributed by atoms with E-state index in [1.165, 1.54) is 43.2 Å². The first kappa shape index (κ1) is 16.4. The summed E-state index contributed by atoms with van der Waals surface area (Å²) < 4.78 is 6.51. The van der Waals surface area contributed by atoms with Crippen LogP contribution in [0.1, 0.15) is 69.9 Å². The van der Waals surface area contributed by atoms with Gasteiger partial charge >= 0.3 is 0 Å². The molecule has 0 spiro atoms. The molecule has 1 saturated carbocycles. The topological polar surface area (TPSA) is 21.3 Å². The summed E-state index contributed by atoms with van der Waals surface area (Å²) in [4.78, 5) is 0. The molecule has 2 unspecified atom stereocenters. The van der Waals surface area contributed by atoms with Gasteiger partial charge in [-0.05, 0) is 55.8 Å². The maximum absolute atomic E-state index is 6.51. The third kappa shape index (κ3) is 4.47. The minimum atomic E-state index is 0.312. The summed E-state index contributed by atoms with van der Waals surface area (Å²) >= 11 is 0. The zero-order chi connectivity index (χ0) is 15.2. The maximum Gasteiger partial charge on any atom is 0.123 e. The molecule has 2 heteroatoms. The highest BCUT2D eigenvalue weighted by molar-refractivity contribution is 5.39. The van der Waals surface area contributed by atoms with Crippen molar-refractivity contribution in [2.24, 2.45) is 0 Å². The number of likely N-dealkylation sites (N-methyl/N-ethyl adjacent to an activating group) is 1. The average Bonchev–Trinajstić information content (AvgIpc) is 2.65. The molecule has 1 fully saturated rings. The van der Waals surface area contributed by atoms with Gasteiger partial charge in [-0.25, -0.2) is 0 Å². The molecular formula is C19H31NO. The van der Waals surface area contributed by atoms with Gasteiger partial charge in [0.25, 0.3) is 0 Å². The Morgan fingerprint density at radius 3 is 2.67 bits per heavy atom. The van der Waals surface area contributed by atoms with E-state index >= 15 is 0 Å². The van der Waals surface area contributed by atoms with E-state index < -0.39 is 0 Å². The molecule has 1 aromatic carbocycles. The summed E-state index contributed by atoms with van der Waals surface area (Å²) in [6, 6.07) is 7.13. The molecular weight excluding hydrogens is 258 g/mol. The lowest BCUT2D eigenvalue weighted by atomic mass is 10.00. The van der Waals surface area contributed by atoms with Crippen LogP contribution in [0, 0.1) is 6.92 Å². The monoisotopic (exact) mass is 289 g/mol. The van der Waals surface area contributed by atoms with Crippen LogP contribution in [-0.2, 0) is 0 Å². The molecule has 2 atom stereocenters. The zero-order valence-electron chi connectivity index (χ0n) is 14.1. The fraction of sp³-hybridized carbons (Fsp3) is 0.684. The van der Waals surface area contributed by atoms with Gasteiger partial charge in [-0.3, -0.25) is 0 Å². The van der Waals surface area contributed by atoms with E-state index in [2.05, 4.69) is 51.2 Å². The Morgan fingerprint density at radius 1 is 1.19 bits per heavy atom. The van der Waals surface area contributed by atoms with Crippen LogP contribution in [-0.4, -0.2) is 18.7 Å². The van der Waals surface area contributed by atoms with Crippen LogP contribution in [0.3, 0.4) is 0 Å². The molecule has 21 heavy (non-hydrogen) atoms. The zero-order valence-corrected chi connectivity index (χ0v) is 14.1. The first-order valence-electron chi connectivity index (χ1n) is 8.62. The Balaban J connectivity index is 2.19. The molecule has 1 aliphatic carbocycles. The number of nitrogens with one attached hydrogen (secondary N) is 1. The van der Waals surface area contributed by atoms with Crippen molar-refractivity contribution in [1.82, 2.24) is 5.32 Å². The third-order valence-corrected chi connectivity index (χ3v) is 4.49. The number of hydrogen-bond acceptors (Lipinski definition) is 2. The van der Waals surface area contributed by atoms with Crippen molar-refractivity contribution in [2.45, 2.75) is 77.9 Å². The van der Waals surface area contributed by atoms with E-state index in [9.17, 15) is 0 Å². The predicted octanol–water partition coefficient (Wildman–Crippen LogP) is 4.81. The number of aryl methyl sites for hydroxylation is 1. The van der Waals surface area contributed by atoms with Gasteiger partial charge in [-0.2, -0.15) is 0 Å². The second-order valence-electron chi connectivity index (χ2n) is 6.65. The molecule has 1 aromatic rings. The van der Waals surface area contributed by atoms with Gasteiger partial charge in [0.2, 0.25) is 0 Å². The van der Waals surface area contributed by atoms with Gasteiger partial charge in [0.15, 0.2) is 0 Å². The Kier molecular flexibility index (Phi) is 6.10. The SMILES string of the molecule is CCNC1CCCCCC1Oc1cc(C)ccc1C(C)C. The molecule has 1 aliphatic rings. The standard InChI is InChI=1S/C19H31NO/c1-5-20-17-9-7-6-8-10-18(17)21-19-13-15(4)11-12-16(19)14(2)3/h11-14,17-18,20H,5-10H2,1-4H3. The van der Waals surface area contributed by atoms with Gasteiger partial charge in [-0.1, -0.05) is 45.7 Å². The molecule has 0 aliphatic heterocycles. The lowest BCUT2D eigenvalue weighted by Crippen LogP contribution is -2.42. The van der Waals surface area contributed by atoms with Crippen molar-refractivity contribution in [3.05, 3.63) is 29.3 Å². The van der Waals surface area contributed by atoms with Crippen molar-refractivity contribution in [3.63, 3.8) is 0 Å². The molecule has 118 valence electrons. The van der Waals surface area contributed by atoms with Crippen LogP contribution in [0.25, 0.3) is 0 Å². The number of hydrogen-bond donors (Lipinski definition) is 1. The molecule has 2 rings (SSSR count).